The molecule has 0 aromatic heterocycles. The average Bonchev–Trinajstić information content (AvgIpc) is 2.33. The summed E-state index contributed by atoms with van der Waals surface area (Å²) in [4.78, 5) is 11.5. The van der Waals surface area contributed by atoms with Crippen LogP contribution in [0.4, 0.5) is 4.79 Å². The molecule has 1 amide bonds. The Hall–Kier alpha value is -0.890. The van der Waals surface area contributed by atoms with Gasteiger partial charge in [-0.15, -0.1) is 0 Å². The average molecular weight is 274 g/mol. The fourth-order valence-corrected chi connectivity index (χ4v) is 1.65. The molecule has 19 heavy (non-hydrogen) atoms. The summed E-state index contributed by atoms with van der Waals surface area (Å²) < 4.78 is 10.4. The molecular formula is C12H26N4O3. The second-order valence-electron chi connectivity index (χ2n) is 5.54. The molecule has 1 atom stereocenters. The van der Waals surface area contributed by atoms with Crippen LogP contribution in [0.2, 0.25) is 0 Å². The second-order valence-corrected chi connectivity index (χ2v) is 5.54. The van der Waals surface area contributed by atoms with Crippen molar-refractivity contribution in [2.24, 2.45) is 5.73 Å². The lowest BCUT2D eigenvalue weighted by atomic mass is 10.2. The molecule has 1 aliphatic heterocycles. The Kier molecular flexibility index (Phi) is 6.50. The van der Waals surface area contributed by atoms with E-state index in [0.717, 1.165) is 13.1 Å². The number of nitrogens with one attached hydrogen (secondary N) is 2. The predicted molar refractivity (Wildman–Crippen MR) is 72.6 cm³/mol. The Labute approximate surface area is 114 Å². The van der Waals surface area contributed by atoms with Gasteiger partial charge in [-0.3, -0.25) is 0 Å². The van der Waals surface area contributed by atoms with Gasteiger partial charge in [0.15, 0.2) is 0 Å². The molecule has 0 aliphatic carbocycles. The van der Waals surface area contributed by atoms with Gasteiger partial charge < -0.3 is 20.5 Å². The molecule has 0 saturated carbocycles. The van der Waals surface area contributed by atoms with Gasteiger partial charge in [0.1, 0.15) is 5.60 Å². The van der Waals surface area contributed by atoms with Gasteiger partial charge in [-0.25, -0.2) is 15.2 Å². The topological polar surface area (TPSA) is 88.8 Å². The maximum absolute atomic E-state index is 11.5. The zero-order valence-electron chi connectivity index (χ0n) is 12.1. The summed E-state index contributed by atoms with van der Waals surface area (Å²) >= 11 is 0. The van der Waals surface area contributed by atoms with Gasteiger partial charge in [0.2, 0.25) is 0 Å². The summed E-state index contributed by atoms with van der Waals surface area (Å²) in [5, 5.41) is 4.79. The zero-order valence-corrected chi connectivity index (χ0v) is 12.1. The summed E-state index contributed by atoms with van der Waals surface area (Å²) in [5.41, 5.74) is 8.49. The van der Waals surface area contributed by atoms with E-state index < -0.39 is 11.7 Å². The van der Waals surface area contributed by atoms with Gasteiger partial charge >= 0.3 is 6.09 Å². The van der Waals surface area contributed by atoms with Crippen LogP contribution in [0.5, 0.6) is 0 Å². The van der Waals surface area contributed by atoms with Crippen molar-refractivity contribution in [2.75, 3.05) is 39.4 Å². The minimum absolute atomic E-state index is 0.00869. The normalized spacial score (nSPS) is 18.9. The van der Waals surface area contributed by atoms with Gasteiger partial charge in [0.25, 0.3) is 0 Å². The molecule has 0 spiro atoms. The van der Waals surface area contributed by atoms with Crippen molar-refractivity contribution in [2.45, 2.75) is 32.4 Å². The number of nitrogens with two attached hydrogens (primary N) is 1. The number of morpholine rings is 1. The molecule has 4 N–H and O–H groups in total. The lowest BCUT2D eigenvalue weighted by Crippen LogP contribution is -2.55. The number of hydrogen-bond donors (Lipinski definition) is 3. The minimum Gasteiger partial charge on any atom is -0.444 e. The van der Waals surface area contributed by atoms with Crippen LogP contribution < -0.4 is 16.5 Å². The Balaban J connectivity index is 2.25. The summed E-state index contributed by atoms with van der Waals surface area (Å²) in [6, 6.07) is -0.00869. The third kappa shape index (κ3) is 7.31. The molecule has 1 rings (SSSR count). The van der Waals surface area contributed by atoms with Crippen molar-refractivity contribution in [1.82, 2.24) is 15.8 Å². The number of ether oxygens (including phenoxy) is 2. The second kappa shape index (κ2) is 7.64. The lowest BCUT2D eigenvalue weighted by molar-refractivity contribution is 0.00369. The van der Waals surface area contributed by atoms with Crippen LogP contribution in [-0.4, -0.2) is 62.1 Å². The number of amides is 1. The van der Waals surface area contributed by atoms with Crippen LogP contribution in [0.25, 0.3) is 0 Å². The van der Waals surface area contributed by atoms with E-state index in [2.05, 4.69) is 15.8 Å². The summed E-state index contributed by atoms with van der Waals surface area (Å²) in [5.74, 6) is 0. The quantitative estimate of drug-likeness (QED) is 0.636. The number of hydrazine groups is 1. The molecule has 1 heterocycles. The highest BCUT2D eigenvalue weighted by Crippen LogP contribution is 2.06. The van der Waals surface area contributed by atoms with Gasteiger partial charge in [-0.05, 0) is 20.8 Å². The Morgan fingerprint density at radius 2 is 2.05 bits per heavy atom. The molecule has 0 aromatic carbocycles. The number of hydrogen-bond acceptors (Lipinski definition) is 6. The molecule has 0 bridgehead atoms. The van der Waals surface area contributed by atoms with E-state index in [1.165, 1.54) is 0 Å². The van der Waals surface area contributed by atoms with E-state index in [1.807, 2.05) is 20.8 Å². The van der Waals surface area contributed by atoms with Crippen LogP contribution in [-0.2, 0) is 9.47 Å². The van der Waals surface area contributed by atoms with Crippen LogP contribution in [0, 0.1) is 0 Å². The van der Waals surface area contributed by atoms with Crippen LogP contribution in [0.15, 0.2) is 0 Å². The van der Waals surface area contributed by atoms with E-state index in [4.69, 9.17) is 15.2 Å². The summed E-state index contributed by atoms with van der Waals surface area (Å²) in [6.45, 7) is 9.44. The molecule has 1 fully saturated rings. The molecule has 7 nitrogen and oxygen atoms in total. The maximum atomic E-state index is 11.5. The van der Waals surface area contributed by atoms with Crippen LogP contribution >= 0.6 is 0 Å². The SMILES string of the molecule is CC(C)(C)OC(=O)NCC(CN)NN1CCOCC1. The fraction of sp³-hybridized carbons (Fsp3) is 0.917. The molecule has 1 saturated heterocycles. The van der Waals surface area contributed by atoms with E-state index in [1.54, 1.807) is 0 Å². The Morgan fingerprint density at radius 3 is 2.58 bits per heavy atom. The fourth-order valence-electron chi connectivity index (χ4n) is 1.65. The highest BCUT2D eigenvalue weighted by atomic mass is 16.6. The van der Waals surface area contributed by atoms with Crippen LogP contribution in [0.1, 0.15) is 20.8 Å². The first-order chi connectivity index (χ1) is 8.90. The first kappa shape index (κ1) is 16.2. The van der Waals surface area contributed by atoms with E-state index in [9.17, 15) is 4.79 Å². The monoisotopic (exact) mass is 274 g/mol. The third-order valence-corrected chi connectivity index (χ3v) is 2.55. The van der Waals surface area contributed by atoms with E-state index in [0.29, 0.717) is 26.3 Å². The zero-order chi connectivity index (χ0) is 14.3. The van der Waals surface area contributed by atoms with E-state index in [-0.39, 0.29) is 6.04 Å². The molecule has 112 valence electrons. The van der Waals surface area contributed by atoms with Gasteiger partial charge in [0.05, 0.1) is 19.3 Å². The smallest absolute Gasteiger partial charge is 0.407 e. The van der Waals surface area contributed by atoms with Crippen LogP contribution in [0.3, 0.4) is 0 Å². The van der Waals surface area contributed by atoms with Crippen molar-refractivity contribution >= 4 is 6.09 Å². The summed E-state index contributed by atoms with van der Waals surface area (Å²) in [7, 11) is 0. The molecule has 7 heteroatoms. The third-order valence-electron chi connectivity index (χ3n) is 2.55. The molecule has 1 aliphatic rings. The first-order valence-corrected chi connectivity index (χ1v) is 6.66. The predicted octanol–water partition coefficient (Wildman–Crippen LogP) is -0.325. The number of rotatable bonds is 5. The number of carbonyl (C=O) groups excluding carboxylic acids is 1. The molecular weight excluding hydrogens is 248 g/mol. The lowest BCUT2D eigenvalue weighted by Gasteiger charge is -2.31. The van der Waals surface area contributed by atoms with Gasteiger partial charge in [-0.1, -0.05) is 0 Å². The van der Waals surface area contributed by atoms with Crippen molar-refractivity contribution in [3.8, 4) is 0 Å². The van der Waals surface area contributed by atoms with Crippen molar-refractivity contribution < 1.29 is 14.3 Å². The van der Waals surface area contributed by atoms with Crippen molar-refractivity contribution in [1.29, 1.82) is 0 Å². The number of carbonyl (C=O) groups is 1. The summed E-state index contributed by atoms with van der Waals surface area (Å²) in [6.07, 6.45) is -0.422. The Bertz CT molecular complexity index is 275. The number of alkyl carbamates (subject to hydrolysis) is 1. The molecule has 0 aromatic rings. The van der Waals surface area contributed by atoms with E-state index >= 15 is 0 Å². The van der Waals surface area contributed by atoms with Crippen molar-refractivity contribution in [3.63, 3.8) is 0 Å². The molecule has 1 unspecified atom stereocenters. The molecule has 0 radical (unpaired) electrons. The largest absolute Gasteiger partial charge is 0.444 e. The highest BCUT2D eigenvalue weighted by molar-refractivity contribution is 5.67. The standard InChI is InChI=1S/C12H26N4O3/c1-12(2,3)19-11(17)14-9-10(8-13)15-16-4-6-18-7-5-16/h10,15H,4-9,13H2,1-3H3,(H,14,17). The minimum atomic E-state index is -0.486. The first-order valence-electron chi connectivity index (χ1n) is 6.66. The van der Waals surface area contributed by atoms with Gasteiger partial charge in [0, 0.05) is 26.2 Å². The highest BCUT2D eigenvalue weighted by Gasteiger charge is 2.18. The van der Waals surface area contributed by atoms with Gasteiger partial charge in [-0.2, -0.15) is 0 Å². The van der Waals surface area contributed by atoms with Crippen molar-refractivity contribution in [3.05, 3.63) is 0 Å². The number of nitrogens with zero attached hydrogens (tertiary/aromatic N) is 1. The maximum Gasteiger partial charge on any atom is 0.407 e. The Morgan fingerprint density at radius 1 is 1.42 bits per heavy atom.